The van der Waals surface area contributed by atoms with Gasteiger partial charge in [0.2, 0.25) is 0 Å². The Morgan fingerprint density at radius 2 is 1.86 bits per heavy atom. The number of methoxy groups -OCH3 is 1. The molecule has 2 rings (SSSR count). The minimum absolute atomic E-state index is 0.0790. The van der Waals surface area contributed by atoms with Gasteiger partial charge in [0.15, 0.2) is 0 Å². The molecule has 0 bridgehead atoms. The first kappa shape index (κ1) is 14.6. The van der Waals surface area contributed by atoms with Gasteiger partial charge < -0.3 is 15.2 Å². The van der Waals surface area contributed by atoms with Gasteiger partial charge in [-0.2, -0.15) is 0 Å². The Hall–Kier alpha value is -2.82. The summed E-state index contributed by atoms with van der Waals surface area (Å²) in [5.41, 5.74) is 1.87. The number of hydrogen-bond donors (Lipinski definition) is 2. The molecule has 5 nitrogen and oxygen atoms in total. The number of aryl methyl sites for hydroxylation is 1. The lowest BCUT2D eigenvalue weighted by molar-refractivity contribution is 0.0696. The molecule has 0 atom stereocenters. The molecule has 5 heteroatoms. The van der Waals surface area contributed by atoms with Crippen LogP contribution in [0, 0.1) is 6.92 Å². The monoisotopic (exact) mass is 285 g/mol. The molecule has 1 amide bonds. The fourth-order valence-electron chi connectivity index (χ4n) is 1.92. The third-order valence-electron chi connectivity index (χ3n) is 2.97. The van der Waals surface area contributed by atoms with Crippen LogP contribution in [-0.4, -0.2) is 24.1 Å². The molecule has 0 radical (unpaired) electrons. The Kier molecular flexibility index (Phi) is 4.23. The van der Waals surface area contributed by atoms with Gasteiger partial charge in [-0.25, -0.2) is 4.79 Å². The lowest BCUT2D eigenvalue weighted by atomic mass is 10.1. The van der Waals surface area contributed by atoms with E-state index in [1.165, 1.54) is 25.3 Å². The quantitative estimate of drug-likeness (QED) is 0.905. The van der Waals surface area contributed by atoms with Crippen LogP contribution in [0.4, 0.5) is 5.69 Å². The highest BCUT2D eigenvalue weighted by molar-refractivity contribution is 6.05. The number of benzene rings is 2. The van der Waals surface area contributed by atoms with Crippen LogP contribution in [0.15, 0.2) is 42.5 Å². The molecule has 21 heavy (non-hydrogen) atoms. The van der Waals surface area contributed by atoms with Crippen LogP contribution >= 0.6 is 0 Å². The summed E-state index contributed by atoms with van der Waals surface area (Å²) in [5, 5.41) is 11.7. The smallest absolute Gasteiger partial charge is 0.335 e. The van der Waals surface area contributed by atoms with E-state index in [0.717, 1.165) is 5.56 Å². The number of hydrogen-bond acceptors (Lipinski definition) is 3. The second kappa shape index (κ2) is 6.09. The van der Waals surface area contributed by atoms with Crippen LogP contribution in [0.5, 0.6) is 5.75 Å². The number of anilines is 1. The van der Waals surface area contributed by atoms with Crippen LogP contribution < -0.4 is 10.1 Å². The summed E-state index contributed by atoms with van der Waals surface area (Å²) >= 11 is 0. The number of carboxylic acids is 1. The van der Waals surface area contributed by atoms with Crippen molar-refractivity contribution in [2.45, 2.75) is 6.92 Å². The number of nitrogens with one attached hydrogen (secondary N) is 1. The third-order valence-corrected chi connectivity index (χ3v) is 2.97. The molecule has 0 unspecified atom stereocenters. The van der Waals surface area contributed by atoms with Gasteiger partial charge >= 0.3 is 5.97 Å². The predicted octanol–water partition coefficient (Wildman–Crippen LogP) is 2.95. The second-order valence-electron chi connectivity index (χ2n) is 4.54. The molecule has 0 fully saturated rings. The van der Waals surface area contributed by atoms with Crippen molar-refractivity contribution in [1.82, 2.24) is 0 Å². The Labute approximate surface area is 122 Å². The van der Waals surface area contributed by atoms with Crippen molar-refractivity contribution in [2.75, 3.05) is 12.4 Å². The lowest BCUT2D eigenvalue weighted by Gasteiger charge is -2.11. The minimum Gasteiger partial charge on any atom is -0.495 e. The number of amides is 1. The normalized spacial score (nSPS) is 10.0. The maximum Gasteiger partial charge on any atom is 0.335 e. The minimum atomic E-state index is -1.07. The second-order valence-corrected chi connectivity index (χ2v) is 4.54. The highest BCUT2D eigenvalue weighted by Crippen LogP contribution is 2.26. The molecule has 0 heterocycles. The molecule has 2 aromatic rings. The molecule has 2 aromatic carbocycles. The summed E-state index contributed by atoms with van der Waals surface area (Å²) in [5.74, 6) is -0.982. The number of carbonyl (C=O) groups excluding carboxylic acids is 1. The number of carbonyl (C=O) groups is 2. The number of ether oxygens (including phenoxy) is 1. The number of aromatic carboxylic acids is 1. The van der Waals surface area contributed by atoms with Crippen molar-refractivity contribution >= 4 is 17.6 Å². The van der Waals surface area contributed by atoms with E-state index in [4.69, 9.17) is 9.84 Å². The van der Waals surface area contributed by atoms with Crippen molar-refractivity contribution in [3.05, 3.63) is 59.2 Å². The van der Waals surface area contributed by atoms with Gasteiger partial charge in [-0.3, -0.25) is 4.79 Å². The van der Waals surface area contributed by atoms with Crippen LogP contribution in [-0.2, 0) is 0 Å². The summed E-state index contributed by atoms with van der Waals surface area (Å²) < 4.78 is 5.13. The summed E-state index contributed by atoms with van der Waals surface area (Å²) in [4.78, 5) is 23.2. The lowest BCUT2D eigenvalue weighted by Crippen LogP contribution is -2.13. The van der Waals surface area contributed by atoms with E-state index in [0.29, 0.717) is 17.0 Å². The predicted molar refractivity (Wildman–Crippen MR) is 79.1 cm³/mol. The van der Waals surface area contributed by atoms with Gasteiger partial charge in [0.1, 0.15) is 5.75 Å². The van der Waals surface area contributed by atoms with E-state index >= 15 is 0 Å². The molecule has 0 aliphatic heterocycles. The maximum absolute atomic E-state index is 12.2. The van der Waals surface area contributed by atoms with Crippen LogP contribution in [0.2, 0.25) is 0 Å². The zero-order valence-corrected chi connectivity index (χ0v) is 11.7. The number of rotatable bonds is 4. The molecule has 2 N–H and O–H groups in total. The SMILES string of the molecule is COc1ccc(C(=O)O)cc1NC(=O)c1cccc(C)c1. The summed E-state index contributed by atoms with van der Waals surface area (Å²) in [6.45, 7) is 1.89. The van der Waals surface area contributed by atoms with Gasteiger partial charge in [-0.05, 0) is 37.3 Å². The highest BCUT2D eigenvalue weighted by Gasteiger charge is 2.13. The zero-order valence-electron chi connectivity index (χ0n) is 11.7. The van der Waals surface area contributed by atoms with Crippen molar-refractivity contribution in [2.24, 2.45) is 0 Å². The molecule has 0 aromatic heterocycles. The topological polar surface area (TPSA) is 75.6 Å². The summed E-state index contributed by atoms with van der Waals surface area (Å²) in [7, 11) is 1.46. The van der Waals surface area contributed by atoms with Crippen molar-refractivity contribution in [3.8, 4) is 5.75 Å². The van der Waals surface area contributed by atoms with Crippen molar-refractivity contribution in [1.29, 1.82) is 0 Å². The molecule has 0 saturated heterocycles. The molecule has 0 aliphatic carbocycles. The van der Waals surface area contributed by atoms with E-state index in [2.05, 4.69) is 5.32 Å². The zero-order chi connectivity index (χ0) is 15.4. The van der Waals surface area contributed by atoms with E-state index < -0.39 is 5.97 Å². The highest BCUT2D eigenvalue weighted by atomic mass is 16.5. The summed E-state index contributed by atoms with van der Waals surface area (Å²) in [6.07, 6.45) is 0. The number of carboxylic acid groups (broad SMARTS) is 1. The third kappa shape index (κ3) is 3.39. The van der Waals surface area contributed by atoms with E-state index in [1.54, 1.807) is 18.2 Å². The molecule has 0 spiro atoms. The van der Waals surface area contributed by atoms with Crippen molar-refractivity contribution in [3.63, 3.8) is 0 Å². The Morgan fingerprint density at radius 1 is 1.10 bits per heavy atom. The first-order chi connectivity index (χ1) is 10.0. The first-order valence-corrected chi connectivity index (χ1v) is 6.30. The van der Waals surface area contributed by atoms with Gasteiger partial charge in [0, 0.05) is 5.56 Å². The largest absolute Gasteiger partial charge is 0.495 e. The molecule has 0 saturated carbocycles. The van der Waals surface area contributed by atoms with Crippen LogP contribution in [0.25, 0.3) is 0 Å². The average molecular weight is 285 g/mol. The van der Waals surface area contributed by atoms with Gasteiger partial charge in [0.05, 0.1) is 18.4 Å². The average Bonchev–Trinajstić information content (AvgIpc) is 2.47. The summed E-state index contributed by atoms with van der Waals surface area (Å²) in [6, 6.07) is 11.4. The molecular weight excluding hydrogens is 270 g/mol. The van der Waals surface area contributed by atoms with E-state index in [1.807, 2.05) is 13.0 Å². The Bertz CT molecular complexity index is 694. The van der Waals surface area contributed by atoms with Crippen LogP contribution in [0.1, 0.15) is 26.3 Å². The van der Waals surface area contributed by atoms with Gasteiger partial charge in [-0.1, -0.05) is 17.7 Å². The van der Waals surface area contributed by atoms with E-state index in [-0.39, 0.29) is 11.5 Å². The molecular formula is C16H15NO4. The Balaban J connectivity index is 2.31. The van der Waals surface area contributed by atoms with Gasteiger partial charge in [0.25, 0.3) is 5.91 Å². The van der Waals surface area contributed by atoms with E-state index in [9.17, 15) is 9.59 Å². The van der Waals surface area contributed by atoms with Crippen molar-refractivity contribution < 1.29 is 19.4 Å². The molecule has 108 valence electrons. The standard InChI is InChI=1S/C16H15NO4/c1-10-4-3-5-11(8-10)15(18)17-13-9-12(16(19)20)6-7-14(13)21-2/h3-9H,1-2H3,(H,17,18)(H,19,20). The van der Waals surface area contributed by atoms with Gasteiger partial charge in [-0.15, -0.1) is 0 Å². The maximum atomic E-state index is 12.2. The fraction of sp³-hybridized carbons (Fsp3) is 0.125. The Morgan fingerprint density at radius 3 is 2.48 bits per heavy atom. The molecule has 0 aliphatic rings. The first-order valence-electron chi connectivity index (χ1n) is 6.30. The fourth-order valence-corrected chi connectivity index (χ4v) is 1.92. The van der Waals surface area contributed by atoms with Crippen LogP contribution in [0.3, 0.4) is 0 Å².